The fourth-order valence-electron chi connectivity index (χ4n) is 10.5. The van der Waals surface area contributed by atoms with Crippen molar-refractivity contribution in [3.63, 3.8) is 0 Å². The van der Waals surface area contributed by atoms with Crippen molar-refractivity contribution in [1.29, 1.82) is 0 Å². The predicted molar refractivity (Wildman–Crippen MR) is 266 cm³/mol. The second-order valence-electron chi connectivity index (χ2n) is 18.1. The molecule has 0 saturated carbocycles. The summed E-state index contributed by atoms with van der Waals surface area (Å²) in [4.78, 5) is 25.9. The van der Waals surface area contributed by atoms with E-state index in [1.54, 1.807) is 78.2 Å². The molecule has 0 radical (unpaired) electrons. The van der Waals surface area contributed by atoms with Crippen LogP contribution in [0.5, 0.6) is 63.2 Å². The van der Waals surface area contributed by atoms with Gasteiger partial charge in [0.1, 0.15) is 12.1 Å². The molecular formula is C54H71FN2O15+2. The molecule has 0 fully saturated rings. The maximum absolute atomic E-state index is 15.3. The van der Waals surface area contributed by atoms with E-state index >= 15 is 4.39 Å². The van der Waals surface area contributed by atoms with Crippen LogP contribution in [0.15, 0.2) is 54.4 Å². The lowest BCUT2D eigenvalue weighted by Gasteiger charge is -2.46. The quantitative estimate of drug-likeness (QED) is 0.0293. The second kappa shape index (κ2) is 24.1. The van der Waals surface area contributed by atoms with Crippen molar-refractivity contribution in [2.45, 2.75) is 44.2 Å². The summed E-state index contributed by atoms with van der Waals surface area (Å²) in [5.41, 5.74) is 5.98. The SMILES string of the molecule is COc1cc2c(cc1OC)[C@H](c1cc(OC)c(OC)c(OC)c1)[N@@+](C)(CCCOC(=O)/C=C(\F)C(=O)OCCC[N@+]1(C)CCc3cc(OC)c(OC)c(OC)c3[C@H]1Cc1cc(OC)c(OC)c(OC)c1)CC2. The zero-order chi connectivity index (χ0) is 52.3. The molecule has 2 aliphatic heterocycles. The third-order valence-corrected chi connectivity index (χ3v) is 14.1. The van der Waals surface area contributed by atoms with E-state index in [1.807, 2.05) is 42.5 Å². The molecule has 17 nitrogen and oxygen atoms in total. The van der Waals surface area contributed by atoms with Crippen LogP contribution in [0, 0.1) is 0 Å². The Morgan fingerprint density at radius 2 is 1.00 bits per heavy atom. The molecule has 0 amide bonds. The molecule has 0 unspecified atom stereocenters. The van der Waals surface area contributed by atoms with Crippen LogP contribution in [-0.2, 0) is 38.3 Å². The highest BCUT2D eigenvalue weighted by Crippen LogP contribution is 2.52. The Balaban J connectivity index is 1.12. The maximum Gasteiger partial charge on any atom is 0.367 e. The van der Waals surface area contributed by atoms with Gasteiger partial charge in [-0.1, -0.05) is 0 Å². The number of quaternary nitrogens is 2. The van der Waals surface area contributed by atoms with Gasteiger partial charge in [-0.2, -0.15) is 4.39 Å². The van der Waals surface area contributed by atoms with E-state index in [4.69, 9.17) is 61.6 Å². The van der Waals surface area contributed by atoms with Crippen molar-refractivity contribution in [3.05, 3.63) is 87.7 Å². The number of benzene rings is 4. The van der Waals surface area contributed by atoms with Crippen LogP contribution in [0.3, 0.4) is 0 Å². The Morgan fingerprint density at radius 1 is 0.542 bits per heavy atom. The van der Waals surface area contributed by atoms with Crippen molar-refractivity contribution >= 4 is 11.9 Å². The first-order valence-electron chi connectivity index (χ1n) is 23.7. The topological polar surface area (TPSA) is 154 Å². The summed E-state index contributed by atoms with van der Waals surface area (Å²) in [5, 5.41) is 0. The molecule has 4 aromatic rings. The van der Waals surface area contributed by atoms with Crippen LogP contribution >= 0.6 is 0 Å². The van der Waals surface area contributed by atoms with Crippen LogP contribution in [0.1, 0.15) is 58.3 Å². The number of hydrogen-bond acceptors (Lipinski definition) is 15. The van der Waals surface area contributed by atoms with E-state index in [0.29, 0.717) is 117 Å². The van der Waals surface area contributed by atoms with Gasteiger partial charge in [0.05, 0.1) is 143 Å². The molecule has 4 aromatic carbocycles. The lowest BCUT2D eigenvalue weighted by Crippen LogP contribution is -2.52. The van der Waals surface area contributed by atoms with E-state index in [-0.39, 0.29) is 25.3 Å². The first kappa shape index (κ1) is 54.5. The van der Waals surface area contributed by atoms with E-state index < -0.39 is 17.8 Å². The van der Waals surface area contributed by atoms with Crippen LogP contribution < -0.4 is 52.1 Å². The minimum Gasteiger partial charge on any atom is -0.493 e. The molecule has 0 aliphatic carbocycles. The summed E-state index contributed by atoms with van der Waals surface area (Å²) in [6, 6.07) is 13.3. The number of fused-ring (bicyclic) bond motifs is 2. The summed E-state index contributed by atoms with van der Waals surface area (Å²) >= 11 is 0. The number of esters is 2. The highest BCUT2D eigenvalue weighted by molar-refractivity contribution is 5.94. The summed E-state index contributed by atoms with van der Waals surface area (Å²) in [6.45, 7) is 2.44. The summed E-state index contributed by atoms with van der Waals surface area (Å²) in [5.74, 6) is 2.25. The number of halogens is 1. The fourth-order valence-corrected chi connectivity index (χ4v) is 10.5. The van der Waals surface area contributed by atoms with Gasteiger partial charge in [0.2, 0.25) is 23.1 Å². The summed E-state index contributed by atoms with van der Waals surface area (Å²) < 4.78 is 90.2. The fraction of sp³-hybridized carbons (Fsp3) is 0.481. The number of nitrogens with zero attached hydrogens (tertiary/aromatic N) is 2. The Morgan fingerprint density at radius 3 is 1.54 bits per heavy atom. The van der Waals surface area contributed by atoms with Crippen molar-refractivity contribution in [1.82, 2.24) is 0 Å². The molecule has 0 saturated heterocycles. The zero-order valence-corrected chi connectivity index (χ0v) is 43.9. The third-order valence-electron chi connectivity index (χ3n) is 14.1. The highest BCUT2D eigenvalue weighted by atomic mass is 19.1. The lowest BCUT2D eigenvalue weighted by molar-refractivity contribution is -0.941. The monoisotopic (exact) mass is 1010 g/mol. The minimum absolute atomic E-state index is 0.0212. The van der Waals surface area contributed by atoms with Gasteiger partial charge in [-0.15, -0.1) is 0 Å². The smallest absolute Gasteiger partial charge is 0.367 e. The maximum atomic E-state index is 15.3. The minimum atomic E-state index is -1.35. The average molecular weight is 1010 g/mol. The van der Waals surface area contributed by atoms with E-state index in [1.165, 1.54) is 0 Å². The second-order valence-corrected chi connectivity index (χ2v) is 18.1. The molecular weight excluding hydrogens is 936 g/mol. The van der Waals surface area contributed by atoms with Gasteiger partial charge >= 0.3 is 11.9 Å². The van der Waals surface area contributed by atoms with Gasteiger partial charge in [-0.3, -0.25) is 0 Å². The molecule has 2 heterocycles. The molecule has 0 spiro atoms. The van der Waals surface area contributed by atoms with Gasteiger partial charge in [-0.25, -0.2) is 9.59 Å². The van der Waals surface area contributed by atoms with Crippen molar-refractivity contribution in [3.8, 4) is 63.2 Å². The first-order valence-corrected chi connectivity index (χ1v) is 23.7. The molecule has 72 heavy (non-hydrogen) atoms. The number of methoxy groups -OCH3 is 11. The molecule has 2 aliphatic rings. The van der Waals surface area contributed by atoms with Crippen molar-refractivity contribution in [2.24, 2.45) is 0 Å². The highest BCUT2D eigenvalue weighted by Gasteiger charge is 2.44. The Hall–Kier alpha value is -6.79. The molecule has 4 atom stereocenters. The van der Waals surface area contributed by atoms with Gasteiger partial charge in [0.25, 0.3) is 0 Å². The molecule has 0 aromatic heterocycles. The number of carbonyl (C=O) groups is 2. The van der Waals surface area contributed by atoms with Gasteiger partial charge in [0.15, 0.2) is 46.0 Å². The largest absolute Gasteiger partial charge is 0.493 e. The zero-order valence-electron chi connectivity index (χ0n) is 43.9. The molecule has 0 N–H and O–H groups in total. The number of rotatable bonds is 24. The summed E-state index contributed by atoms with van der Waals surface area (Å²) in [7, 11) is 21.7. The Kier molecular flexibility index (Phi) is 18.2. The van der Waals surface area contributed by atoms with Gasteiger partial charge in [-0.05, 0) is 59.2 Å². The van der Waals surface area contributed by atoms with Crippen molar-refractivity contribution in [2.75, 3.05) is 132 Å². The summed E-state index contributed by atoms with van der Waals surface area (Å²) in [6.07, 6.45) is 3.30. The van der Waals surface area contributed by atoms with Crippen molar-refractivity contribution < 1.29 is 84.5 Å². The Labute approximate surface area is 422 Å². The lowest BCUT2D eigenvalue weighted by atomic mass is 9.85. The average Bonchev–Trinajstić information content (AvgIpc) is 3.39. The molecule has 18 heteroatoms. The van der Waals surface area contributed by atoms with Crippen LogP contribution in [0.2, 0.25) is 0 Å². The normalized spacial score (nSPS) is 19.2. The number of likely N-dealkylation sites (N-methyl/N-ethyl adjacent to an activating group) is 2. The molecule has 392 valence electrons. The predicted octanol–water partition coefficient (Wildman–Crippen LogP) is 7.58. The number of ether oxygens (including phenoxy) is 13. The Bertz CT molecular complexity index is 2550. The van der Waals surface area contributed by atoms with Crippen LogP contribution in [-0.4, -0.2) is 153 Å². The third kappa shape index (κ3) is 11.3. The van der Waals surface area contributed by atoms with Crippen LogP contribution in [0.25, 0.3) is 0 Å². The van der Waals surface area contributed by atoms with E-state index in [2.05, 4.69) is 14.1 Å². The standard InChI is InChI=1S/C54H71FN2O15/c1-56(20-17-35-28-46(66-9)52(69-12)53(70-13)48(35)39(56)24-33-25-42(62-5)50(67-10)43(26-33)63-6)18-14-23-72-54(59)38(55)32-47(58)71-22-15-19-57(2)21-16-34-27-40(60-3)41(61-4)31-37(34)49(57)36-29-44(64-7)51(68-11)45(30-36)65-8/h25-32,39,49H,14-24H2,1-13H3/q+2/b38-32-/t39-,49+,56-,57+/m1/s1. The molecule has 6 rings (SSSR count). The van der Waals surface area contributed by atoms with E-state index in [0.717, 1.165) is 52.9 Å². The van der Waals surface area contributed by atoms with Gasteiger partial charge in [0, 0.05) is 43.2 Å². The number of carbonyl (C=O) groups excluding carboxylic acids is 2. The first-order chi connectivity index (χ1) is 34.6. The van der Waals surface area contributed by atoms with E-state index in [9.17, 15) is 9.59 Å². The number of hydrogen-bond donors (Lipinski definition) is 0. The molecule has 0 bridgehead atoms. The van der Waals surface area contributed by atoms with Crippen LogP contribution in [0.4, 0.5) is 4.39 Å². The van der Waals surface area contributed by atoms with Gasteiger partial charge < -0.3 is 70.5 Å².